The zero-order chi connectivity index (χ0) is 7.56. The summed E-state index contributed by atoms with van der Waals surface area (Å²) in [6.45, 7) is 2.10. The summed E-state index contributed by atoms with van der Waals surface area (Å²) >= 11 is 0. The van der Waals surface area contributed by atoms with Gasteiger partial charge in [-0.3, -0.25) is 0 Å². The Morgan fingerprint density at radius 2 is 2.40 bits per heavy atom. The van der Waals surface area contributed by atoms with E-state index in [0.717, 1.165) is 19.3 Å². The van der Waals surface area contributed by atoms with Gasteiger partial charge in [0.15, 0.2) is 0 Å². The molecule has 2 heteroatoms. The first-order chi connectivity index (χ1) is 4.74. The van der Waals surface area contributed by atoms with Crippen LogP contribution in [0.15, 0.2) is 11.8 Å². The molecule has 0 saturated carbocycles. The third-order valence-corrected chi connectivity index (χ3v) is 2.14. The molecule has 2 nitrogen and oxygen atoms in total. The number of rotatable bonds is 1. The van der Waals surface area contributed by atoms with Gasteiger partial charge in [0.2, 0.25) is 0 Å². The second-order valence-electron chi connectivity index (χ2n) is 2.89. The lowest BCUT2D eigenvalue weighted by Crippen LogP contribution is -2.19. The van der Waals surface area contributed by atoms with Crippen LogP contribution in [0.1, 0.15) is 26.2 Å². The Bertz CT molecular complexity index is 140. The van der Waals surface area contributed by atoms with Crippen molar-refractivity contribution in [3.8, 4) is 0 Å². The molecule has 0 heterocycles. The summed E-state index contributed by atoms with van der Waals surface area (Å²) in [5.74, 6) is 0.718. The molecule has 0 amide bonds. The number of allylic oxidation sites excluding steroid dienone is 1. The highest BCUT2D eigenvalue weighted by molar-refractivity contribution is 5.03. The fraction of sp³-hybridized carbons (Fsp3) is 0.750. The molecule has 1 rings (SSSR count). The van der Waals surface area contributed by atoms with Gasteiger partial charge in [-0.15, -0.1) is 0 Å². The highest BCUT2D eigenvalue weighted by atomic mass is 16.3. The summed E-state index contributed by atoms with van der Waals surface area (Å²) in [6.07, 6.45) is 3.85. The van der Waals surface area contributed by atoms with Gasteiger partial charge in [-0.1, -0.05) is 13.3 Å². The fourth-order valence-electron chi connectivity index (χ4n) is 1.29. The molecular formula is C8H14O2. The highest BCUT2D eigenvalue weighted by Crippen LogP contribution is 2.24. The van der Waals surface area contributed by atoms with Gasteiger partial charge in [0.05, 0.1) is 0 Å². The monoisotopic (exact) mass is 142 g/mol. The van der Waals surface area contributed by atoms with Crippen LogP contribution < -0.4 is 0 Å². The summed E-state index contributed by atoms with van der Waals surface area (Å²) in [7, 11) is 0. The third kappa shape index (κ3) is 1.51. The van der Waals surface area contributed by atoms with E-state index < -0.39 is 6.10 Å². The molecule has 0 saturated heterocycles. The molecule has 0 aromatic rings. The summed E-state index contributed by atoms with van der Waals surface area (Å²) in [5, 5.41) is 18.2. The summed E-state index contributed by atoms with van der Waals surface area (Å²) in [5.41, 5.74) is 0. The number of hydrogen-bond donors (Lipinski definition) is 2. The first kappa shape index (κ1) is 7.61. The maximum absolute atomic E-state index is 9.16. The molecule has 0 radical (unpaired) electrons. The van der Waals surface area contributed by atoms with E-state index in [0.29, 0.717) is 5.92 Å². The van der Waals surface area contributed by atoms with Crippen molar-refractivity contribution >= 4 is 0 Å². The van der Waals surface area contributed by atoms with E-state index in [1.807, 2.05) is 0 Å². The van der Waals surface area contributed by atoms with Crippen molar-refractivity contribution < 1.29 is 10.2 Å². The molecule has 1 aliphatic rings. The van der Waals surface area contributed by atoms with E-state index >= 15 is 0 Å². The molecule has 0 bridgehead atoms. The average molecular weight is 142 g/mol. The minimum absolute atomic E-state index is 0.157. The number of aliphatic hydroxyl groups excluding tert-OH is 2. The topological polar surface area (TPSA) is 40.5 Å². The Labute approximate surface area is 61.2 Å². The van der Waals surface area contributed by atoms with E-state index in [9.17, 15) is 0 Å². The van der Waals surface area contributed by atoms with Crippen LogP contribution in [0, 0.1) is 5.92 Å². The molecule has 0 fully saturated rings. The summed E-state index contributed by atoms with van der Waals surface area (Å²) in [6, 6.07) is 0. The molecule has 0 aromatic carbocycles. The lowest BCUT2D eigenvalue weighted by atomic mass is 9.89. The third-order valence-electron chi connectivity index (χ3n) is 2.14. The fourth-order valence-corrected chi connectivity index (χ4v) is 1.29. The first-order valence-electron chi connectivity index (χ1n) is 3.81. The molecule has 0 spiro atoms. The molecular weight excluding hydrogens is 128 g/mol. The standard InChI is InChI=1S/C8H14O2/c1-2-6-3-4-7(9)8(10)5-6/h4,6,8-10H,2-3,5H2,1H3. The highest BCUT2D eigenvalue weighted by Gasteiger charge is 2.19. The van der Waals surface area contributed by atoms with Crippen molar-refractivity contribution in [2.45, 2.75) is 32.3 Å². The van der Waals surface area contributed by atoms with Gasteiger partial charge in [-0.05, 0) is 24.8 Å². The molecule has 2 unspecified atom stereocenters. The first-order valence-corrected chi connectivity index (χ1v) is 3.81. The Hall–Kier alpha value is -0.500. The van der Waals surface area contributed by atoms with Crippen molar-refractivity contribution in [3.05, 3.63) is 11.8 Å². The molecule has 1 aliphatic carbocycles. The van der Waals surface area contributed by atoms with E-state index in [1.54, 1.807) is 6.08 Å². The minimum atomic E-state index is -0.598. The van der Waals surface area contributed by atoms with Crippen molar-refractivity contribution in [2.75, 3.05) is 0 Å². The maximum atomic E-state index is 9.16. The van der Waals surface area contributed by atoms with Crippen molar-refractivity contribution in [1.82, 2.24) is 0 Å². The largest absolute Gasteiger partial charge is 0.510 e. The van der Waals surface area contributed by atoms with Gasteiger partial charge in [0, 0.05) is 0 Å². The summed E-state index contributed by atoms with van der Waals surface area (Å²) in [4.78, 5) is 0. The van der Waals surface area contributed by atoms with Crippen LogP contribution in [0.4, 0.5) is 0 Å². The van der Waals surface area contributed by atoms with Gasteiger partial charge < -0.3 is 10.2 Å². The van der Waals surface area contributed by atoms with Crippen LogP contribution in [-0.2, 0) is 0 Å². The second-order valence-corrected chi connectivity index (χ2v) is 2.89. The lowest BCUT2D eigenvalue weighted by Gasteiger charge is -2.21. The van der Waals surface area contributed by atoms with Crippen LogP contribution in [0.3, 0.4) is 0 Å². The maximum Gasteiger partial charge on any atom is 0.117 e. The number of hydrogen-bond acceptors (Lipinski definition) is 2. The predicted octanol–water partition coefficient (Wildman–Crippen LogP) is 1.61. The Kier molecular flexibility index (Phi) is 2.33. The average Bonchev–Trinajstić information content (AvgIpc) is 1.95. The van der Waals surface area contributed by atoms with Gasteiger partial charge in [-0.2, -0.15) is 0 Å². The van der Waals surface area contributed by atoms with E-state index in [-0.39, 0.29) is 5.76 Å². The quantitative estimate of drug-likeness (QED) is 0.584. The van der Waals surface area contributed by atoms with Crippen LogP contribution in [0.25, 0.3) is 0 Å². The predicted molar refractivity (Wildman–Crippen MR) is 39.7 cm³/mol. The van der Waals surface area contributed by atoms with Crippen LogP contribution >= 0.6 is 0 Å². The normalized spacial score (nSPS) is 33.6. The van der Waals surface area contributed by atoms with Crippen LogP contribution in [0.5, 0.6) is 0 Å². The van der Waals surface area contributed by atoms with Crippen LogP contribution in [-0.4, -0.2) is 16.3 Å². The van der Waals surface area contributed by atoms with Gasteiger partial charge in [-0.25, -0.2) is 0 Å². The van der Waals surface area contributed by atoms with Crippen LogP contribution in [0.2, 0.25) is 0 Å². The second kappa shape index (κ2) is 3.06. The Balaban J connectivity index is 2.51. The summed E-state index contributed by atoms with van der Waals surface area (Å²) < 4.78 is 0. The van der Waals surface area contributed by atoms with Crippen molar-refractivity contribution in [2.24, 2.45) is 5.92 Å². The molecule has 2 atom stereocenters. The molecule has 10 heavy (non-hydrogen) atoms. The molecule has 2 N–H and O–H groups in total. The smallest absolute Gasteiger partial charge is 0.117 e. The van der Waals surface area contributed by atoms with Crippen molar-refractivity contribution in [1.29, 1.82) is 0 Å². The molecule has 0 aromatic heterocycles. The van der Waals surface area contributed by atoms with Gasteiger partial charge >= 0.3 is 0 Å². The molecule has 0 aliphatic heterocycles. The Morgan fingerprint density at radius 3 is 2.90 bits per heavy atom. The van der Waals surface area contributed by atoms with Gasteiger partial charge in [0.25, 0.3) is 0 Å². The lowest BCUT2D eigenvalue weighted by molar-refractivity contribution is 0.114. The van der Waals surface area contributed by atoms with E-state index in [1.165, 1.54) is 0 Å². The minimum Gasteiger partial charge on any atom is -0.510 e. The zero-order valence-corrected chi connectivity index (χ0v) is 6.25. The van der Waals surface area contributed by atoms with Crippen molar-refractivity contribution in [3.63, 3.8) is 0 Å². The number of aliphatic hydroxyl groups is 2. The van der Waals surface area contributed by atoms with Gasteiger partial charge in [0.1, 0.15) is 11.9 Å². The molecule has 58 valence electrons. The zero-order valence-electron chi connectivity index (χ0n) is 6.25. The Morgan fingerprint density at radius 1 is 1.70 bits per heavy atom. The van der Waals surface area contributed by atoms with E-state index in [2.05, 4.69) is 6.92 Å². The SMILES string of the molecule is CCC1CC=C(O)C(O)C1. The van der Waals surface area contributed by atoms with E-state index in [4.69, 9.17) is 10.2 Å².